The van der Waals surface area contributed by atoms with Gasteiger partial charge in [0.25, 0.3) is 0 Å². The molecule has 28 heavy (non-hydrogen) atoms. The molecule has 0 bridgehead atoms. The fraction of sp³-hybridized carbons (Fsp3) is 0.524. The largest absolute Gasteiger partial charge is 0.387 e. The third-order valence-corrected chi connectivity index (χ3v) is 6.17. The summed E-state index contributed by atoms with van der Waals surface area (Å²) in [5.74, 6) is 0. The Labute approximate surface area is 164 Å². The van der Waals surface area contributed by atoms with Crippen molar-refractivity contribution in [3.63, 3.8) is 0 Å². The maximum atomic E-state index is 12.3. The highest BCUT2D eigenvalue weighted by Gasteiger charge is 2.29. The van der Waals surface area contributed by atoms with Crippen molar-refractivity contribution in [2.45, 2.75) is 64.8 Å². The van der Waals surface area contributed by atoms with Crippen LogP contribution in [0.5, 0.6) is 0 Å². The van der Waals surface area contributed by atoms with Gasteiger partial charge in [0, 0.05) is 36.9 Å². The number of hydrogen-bond acceptors (Lipinski definition) is 4. The lowest BCUT2D eigenvalue weighted by atomic mass is 9.98. The van der Waals surface area contributed by atoms with Crippen molar-refractivity contribution in [3.8, 4) is 0 Å². The van der Waals surface area contributed by atoms with Crippen molar-refractivity contribution in [1.82, 2.24) is 24.6 Å². The van der Waals surface area contributed by atoms with Crippen LogP contribution in [-0.4, -0.2) is 36.5 Å². The molecule has 7 heteroatoms. The number of aryl methyl sites for hydroxylation is 3. The number of H-pyrrole nitrogens is 1. The highest BCUT2D eigenvalue weighted by Crippen LogP contribution is 2.30. The van der Waals surface area contributed by atoms with Crippen LogP contribution in [0.15, 0.2) is 23.0 Å². The second-order valence-electron chi connectivity index (χ2n) is 8.04. The van der Waals surface area contributed by atoms with Gasteiger partial charge in [-0.15, -0.1) is 0 Å². The van der Waals surface area contributed by atoms with E-state index in [0.717, 1.165) is 35.1 Å². The van der Waals surface area contributed by atoms with Crippen molar-refractivity contribution in [2.24, 2.45) is 7.05 Å². The Morgan fingerprint density at radius 3 is 2.89 bits per heavy atom. The van der Waals surface area contributed by atoms with Crippen LogP contribution in [0.25, 0.3) is 11.0 Å². The molecule has 4 rings (SSSR count). The van der Waals surface area contributed by atoms with Crippen molar-refractivity contribution in [1.29, 1.82) is 0 Å². The standard InChI is InChI=1S/C21H29N5O2/c1-12(8-9-15-13(2)24-25(4)14(15)3)22-18-10-11-26-19-16(20(18)27)6-5-7-17(19)23-21(26)28/h5-7,12,18,20,22,27H,8-11H2,1-4H3,(H,23,28)/t12?,18-,20-/m1/s1. The fourth-order valence-corrected chi connectivity index (χ4v) is 4.51. The monoisotopic (exact) mass is 383 g/mol. The molecule has 1 aromatic carbocycles. The smallest absolute Gasteiger partial charge is 0.326 e. The van der Waals surface area contributed by atoms with E-state index in [-0.39, 0.29) is 17.8 Å². The number of benzene rings is 1. The zero-order valence-corrected chi connectivity index (χ0v) is 17.0. The second-order valence-corrected chi connectivity index (χ2v) is 8.04. The first-order chi connectivity index (χ1) is 13.4. The summed E-state index contributed by atoms with van der Waals surface area (Å²) in [6.07, 6.45) is 1.99. The number of imidazole rings is 1. The molecule has 0 saturated heterocycles. The van der Waals surface area contributed by atoms with Gasteiger partial charge < -0.3 is 15.4 Å². The van der Waals surface area contributed by atoms with E-state index in [4.69, 9.17) is 0 Å². The summed E-state index contributed by atoms with van der Waals surface area (Å²) in [5, 5.41) is 19.1. The molecule has 0 saturated carbocycles. The molecule has 7 nitrogen and oxygen atoms in total. The molecule has 3 N–H and O–H groups in total. The Morgan fingerprint density at radius 2 is 2.18 bits per heavy atom. The van der Waals surface area contributed by atoms with Crippen molar-refractivity contribution >= 4 is 11.0 Å². The van der Waals surface area contributed by atoms with Crippen LogP contribution in [0.3, 0.4) is 0 Å². The lowest BCUT2D eigenvalue weighted by molar-refractivity contribution is 0.119. The zero-order chi connectivity index (χ0) is 20.0. The molecule has 2 aromatic heterocycles. The molecule has 0 fully saturated rings. The zero-order valence-electron chi connectivity index (χ0n) is 17.0. The van der Waals surface area contributed by atoms with E-state index >= 15 is 0 Å². The molecule has 3 aromatic rings. The Balaban J connectivity index is 1.48. The number of aromatic amines is 1. The van der Waals surface area contributed by atoms with Crippen LogP contribution in [0.1, 0.15) is 48.4 Å². The average molecular weight is 383 g/mol. The van der Waals surface area contributed by atoms with Gasteiger partial charge in [0.15, 0.2) is 0 Å². The third-order valence-electron chi connectivity index (χ3n) is 6.17. The molecule has 0 aliphatic carbocycles. The number of nitrogens with zero attached hydrogens (tertiary/aromatic N) is 3. The number of aromatic nitrogens is 4. The van der Waals surface area contributed by atoms with Crippen molar-refractivity contribution in [2.75, 3.05) is 0 Å². The van der Waals surface area contributed by atoms with E-state index in [1.54, 1.807) is 4.57 Å². The normalized spacial score (nSPS) is 20.5. The van der Waals surface area contributed by atoms with Gasteiger partial charge in [-0.25, -0.2) is 4.79 Å². The number of hydrogen-bond donors (Lipinski definition) is 3. The quantitative estimate of drug-likeness (QED) is 0.630. The highest BCUT2D eigenvalue weighted by molar-refractivity contribution is 5.79. The molecule has 1 unspecified atom stereocenters. The number of aliphatic hydroxyl groups excluding tert-OH is 1. The first kappa shape index (κ1) is 19.0. The van der Waals surface area contributed by atoms with Gasteiger partial charge in [0.1, 0.15) is 0 Å². The van der Waals surface area contributed by atoms with Crippen molar-refractivity contribution < 1.29 is 5.11 Å². The summed E-state index contributed by atoms with van der Waals surface area (Å²) in [5.41, 5.74) is 5.94. The van der Waals surface area contributed by atoms with Crippen LogP contribution in [0, 0.1) is 13.8 Å². The van der Waals surface area contributed by atoms with E-state index < -0.39 is 6.10 Å². The summed E-state index contributed by atoms with van der Waals surface area (Å²) in [7, 11) is 1.98. The molecule has 0 radical (unpaired) electrons. The predicted molar refractivity (Wildman–Crippen MR) is 110 cm³/mol. The lowest BCUT2D eigenvalue weighted by Crippen LogP contribution is -2.41. The van der Waals surface area contributed by atoms with Gasteiger partial charge in [-0.2, -0.15) is 5.10 Å². The Bertz CT molecular complexity index is 1060. The Morgan fingerprint density at radius 1 is 1.39 bits per heavy atom. The fourth-order valence-electron chi connectivity index (χ4n) is 4.51. The molecule has 3 atom stereocenters. The van der Waals surface area contributed by atoms with Crippen molar-refractivity contribution in [3.05, 3.63) is 51.2 Å². The molecule has 0 amide bonds. The number of nitrogens with one attached hydrogen (secondary N) is 2. The first-order valence-electron chi connectivity index (χ1n) is 10.0. The van der Waals surface area contributed by atoms with Gasteiger partial charge in [-0.05, 0) is 51.7 Å². The van der Waals surface area contributed by atoms with Gasteiger partial charge in [-0.3, -0.25) is 9.25 Å². The molecular weight excluding hydrogens is 354 g/mol. The average Bonchev–Trinajstić information content (AvgIpc) is 3.05. The van der Waals surface area contributed by atoms with E-state index in [2.05, 4.69) is 36.2 Å². The Kier molecular flexibility index (Phi) is 4.89. The van der Waals surface area contributed by atoms with Gasteiger partial charge in [0.2, 0.25) is 0 Å². The van der Waals surface area contributed by atoms with E-state index in [9.17, 15) is 9.90 Å². The topological polar surface area (TPSA) is 87.9 Å². The minimum Gasteiger partial charge on any atom is -0.387 e. The highest BCUT2D eigenvalue weighted by atomic mass is 16.3. The van der Waals surface area contributed by atoms with Gasteiger partial charge in [0.05, 0.1) is 22.8 Å². The molecular formula is C21H29N5O2. The van der Waals surface area contributed by atoms with Crippen LogP contribution in [0.2, 0.25) is 0 Å². The maximum absolute atomic E-state index is 12.3. The maximum Gasteiger partial charge on any atom is 0.326 e. The number of para-hydroxylation sites is 1. The minimum absolute atomic E-state index is 0.0870. The molecule has 0 spiro atoms. The van der Waals surface area contributed by atoms with Gasteiger partial charge >= 0.3 is 5.69 Å². The molecule has 1 aliphatic heterocycles. The summed E-state index contributed by atoms with van der Waals surface area (Å²) in [6.45, 7) is 6.92. The van der Waals surface area contributed by atoms with E-state index in [1.165, 1.54) is 11.3 Å². The summed E-state index contributed by atoms with van der Waals surface area (Å²) in [6, 6.07) is 5.85. The lowest BCUT2D eigenvalue weighted by Gasteiger charge is -2.26. The van der Waals surface area contributed by atoms with E-state index in [1.807, 2.05) is 29.9 Å². The predicted octanol–water partition coefficient (Wildman–Crippen LogP) is 2.10. The second kappa shape index (κ2) is 7.22. The van der Waals surface area contributed by atoms with Gasteiger partial charge in [-0.1, -0.05) is 12.1 Å². The summed E-state index contributed by atoms with van der Waals surface area (Å²) >= 11 is 0. The molecule has 150 valence electrons. The van der Waals surface area contributed by atoms with Crippen LogP contribution in [0.4, 0.5) is 0 Å². The first-order valence-corrected chi connectivity index (χ1v) is 10.0. The SMILES string of the molecule is Cc1nn(C)c(C)c1CCC(C)N[C@@H]1CCn2c(=O)[nH]c3cccc(c32)[C@H]1O. The molecule has 3 heterocycles. The number of rotatable bonds is 5. The third kappa shape index (κ3) is 3.18. The van der Waals surface area contributed by atoms with Crippen LogP contribution >= 0.6 is 0 Å². The van der Waals surface area contributed by atoms with Crippen LogP contribution < -0.4 is 11.0 Å². The van der Waals surface area contributed by atoms with E-state index in [0.29, 0.717) is 13.0 Å². The molecule has 1 aliphatic rings. The summed E-state index contributed by atoms with van der Waals surface area (Å²) in [4.78, 5) is 15.1. The number of aliphatic hydroxyl groups is 1. The minimum atomic E-state index is -0.642. The summed E-state index contributed by atoms with van der Waals surface area (Å²) < 4.78 is 3.69. The Hall–Kier alpha value is -2.38. The van der Waals surface area contributed by atoms with Crippen LogP contribution in [-0.2, 0) is 20.0 Å².